The molecule has 3 rings (SSSR count). The molecule has 0 bridgehead atoms. The molecule has 0 aromatic rings. The van der Waals surface area contributed by atoms with Crippen LogP contribution in [0.4, 0.5) is 0 Å². The van der Waals surface area contributed by atoms with Gasteiger partial charge in [-0.25, -0.2) is 9.36 Å². The van der Waals surface area contributed by atoms with E-state index in [0.717, 1.165) is 89.5 Å². The average Bonchev–Trinajstić information content (AvgIpc) is 0.764. The van der Waals surface area contributed by atoms with E-state index in [-0.39, 0.29) is 12.8 Å². The van der Waals surface area contributed by atoms with E-state index in [4.69, 9.17) is 42.2 Å². The number of carbonyl (C=O) groups excluding carboxylic acids is 3. The first-order valence-electron chi connectivity index (χ1n) is 38.7. The third kappa shape index (κ3) is 38.4. The third-order valence-electron chi connectivity index (χ3n) is 19.1. The van der Waals surface area contributed by atoms with E-state index in [1.807, 2.05) is 6.08 Å². The second kappa shape index (κ2) is 55.6. The molecule has 100 heavy (non-hydrogen) atoms. The lowest BCUT2D eigenvalue weighted by Crippen LogP contribution is -2.69. The fraction of sp³-hybridized carbons (Fsp3) is 0.880. The minimum atomic E-state index is -5.72. The van der Waals surface area contributed by atoms with Crippen LogP contribution in [0.3, 0.4) is 0 Å². The molecule has 2 saturated heterocycles. The van der Waals surface area contributed by atoms with Crippen LogP contribution < -0.4 is 0 Å². The Hall–Kier alpha value is -2.82. The molecule has 25 heteroatoms. The maximum atomic E-state index is 14.3. The Morgan fingerprint density at radius 2 is 0.840 bits per heavy atom. The maximum Gasteiger partial charge on any atom is 0.472 e. The Bertz CT molecular complexity index is 2220. The smallest absolute Gasteiger partial charge is 0.463 e. The molecule has 2 heterocycles. The standard InChI is InChI=1S/C75H135O24P/c1-5-8-11-14-17-19-21-23-25-27-28-30-32-38-43-48-59(77)91-52-56(94-61(79)50-45-40-33-31-29-26-24-22-20-18-15-12-9-6-2)53-93-100(89,90)99-73-71(97-74-69(87)64(82)62(80)57(51-76)95-74)67(85)66(84)68(86)72(73)98-75-70(88)65(83)63(81)58(96-75)54-92-60(78)49-44-39-35-34-37-42-47-55(4)46-41-36-16-13-10-7-3/h26,29,32,38,43,48,55-58,62-76,80-88H,5-25,27-28,30-31,33-37,39-42,44-47,49-54H2,1-4H3,(H,89,90)/b29-26-,38-32+,48-43+. The van der Waals surface area contributed by atoms with Crippen LogP contribution in [0.2, 0.25) is 0 Å². The van der Waals surface area contributed by atoms with E-state index >= 15 is 0 Å². The van der Waals surface area contributed by atoms with E-state index in [0.29, 0.717) is 25.2 Å². The van der Waals surface area contributed by atoms with Gasteiger partial charge in [-0.05, 0) is 57.3 Å². The van der Waals surface area contributed by atoms with Gasteiger partial charge >= 0.3 is 25.7 Å². The summed E-state index contributed by atoms with van der Waals surface area (Å²) in [6.45, 7) is 5.63. The maximum absolute atomic E-state index is 14.3. The third-order valence-corrected chi connectivity index (χ3v) is 20.1. The van der Waals surface area contributed by atoms with Gasteiger partial charge < -0.3 is 89.1 Å². The molecular weight excluding hydrogens is 1320 g/mol. The summed E-state index contributed by atoms with van der Waals surface area (Å²) in [4.78, 5) is 50.9. The van der Waals surface area contributed by atoms with Crippen molar-refractivity contribution in [1.82, 2.24) is 0 Å². The number of allylic oxidation sites excluding steroid dienone is 5. The van der Waals surface area contributed by atoms with Gasteiger partial charge in [0, 0.05) is 18.9 Å². The Balaban J connectivity index is 1.75. The number of aliphatic hydroxyl groups excluding tert-OH is 10. The molecule has 3 fully saturated rings. The zero-order chi connectivity index (χ0) is 73.3. The highest BCUT2D eigenvalue weighted by Crippen LogP contribution is 2.49. The molecule has 584 valence electrons. The van der Waals surface area contributed by atoms with Gasteiger partial charge in [0.15, 0.2) is 18.7 Å². The number of rotatable bonds is 59. The number of ether oxygens (including phenoxy) is 7. The topological polar surface area (TPSA) is 374 Å². The van der Waals surface area contributed by atoms with Crippen LogP contribution in [0.25, 0.3) is 0 Å². The highest BCUT2D eigenvalue weighted by atomic mass is 31.2. The highest BCUT2D eigenvalue weighted by Gasteiger charge is 2.58. The van der Waals surface area contributed by atoms with E-state index in [2.05, 4.69) is 39.8 Å². The second-order valence-corrected chi connectivity index (χ2v) is 29.5. The minimum absolute atomic E-state index is 0.0244. The fourth-order valence-corrected chi connectivity index (χ4v) is 13.7. The Morgan fingerprint density at radius 3 is 1.32 bits per heavy atom. The first-order chi connectivity index (χ1) is 48.2. The van der Waals surface area contributed by atoms with Crippen molar-refractivity contribution in [3.8, 4) is 0 Å². The summed E-state index contributed by atoms with van der Waals surface area (Å²) in [6, 6.07) is 0. The molecule has 0 spiro atoms. The van der Waals surface area contributed by atoms with Gasteiger partial charge in [0.2, 0.25) is 0 Å². The van der Waals surface area contributed by atoms with Crippen molar-refractivity contribution in [3.63, 3.8) is 0 Å². The quantitative estimate of drug-likeness (QED) is 0.00512. The van der Waals surface area contributed by atoms with E-state index in [9.17, 15) is 74.9 Å². The predicted molar refractivity (Wildman–Crippen MR) is 379 cm³/mol. The highest BCUT2D eigenvalue weighted by molar-refractivity contribution is 7.47. The lowest BCUT2D eigenvalue weighted by Gasteiger charge is -2.49. The zero-order valence-electron chi connectivity index (χ0n) is 61.1. The second-order valence-electron chi connectivity index (χ2n) is 28.1. The molecule has 19 unspecified atom stereocenters. The fourth-order valence-electron chi connectivity index (χ4n) is 12.7. The van der Waals surface area contributed by atoms with Gasteiger partial charge in [-0.1, -0.05) is 251 Å². The number of phosphoric ester groups is 1. The van der Waals surface area contributed by atoms with E-state index < -0.39 is 156 Å². The molecule has 1 aliphatic carbocycles. The number of hydrogen-bond acceptors (Lipinski definition) is 23. The number of esters is 3. The lowest BCUT2D eigenvalue weighted by atomic mass is 9.84. The molecule has 1 saturated carbocycles. The van der Waals surface area contributed by atoms with Crippen molar-refractivity contribution >= 4 is 25.7 Å². The number of hydrogen-bond donors (Lipinski definition) is 11. The van der Waals surface area contributed by atoms with Gasteiger partial charge in [0.05, 0.1) is 13.2 Å². The largest absolute Gasteiger partial charge is 0.472 e. The molecular formula is C75H135O24P. The van der Waals surface area contributed by atoms with Crippen molar-refractivity contribution in [2.45, 2.75) is 389 Å². The molecule has 0 radical (unpaired) electrons. The van der Waals surface area contributed by atoms with Crippen LogP contribution in [0.5, 0.6) is 0 Å². The number of phosphoric acid groups is 1. The number of unbranched alkanes of at least 4 members (excludes halogenated alkanes) is 31. The Labute approximate surface area is 597 Å². The SMILES string of the molecule is CCCCCCCCC/C=C\CCCCCC(=O)OC(COC(=O)/C=C/C=C/CCCCCCCCCCCCC)COP(=O)(O)OC1C(OC2OC(CO)C(O)C(O)C2O)C(O)C(O)C(O)C1OC1OC(COC(=O)CCCCCCCCC(C)CCCCCCCC)C(O)C(O)C1O. The van der Waals surface area contributed by atoms with E-state index in [1.54, 1.807) is 6.08 Å². The molecule has 0 amide bonds. The Morgan fingerprint density at radius 1 is 0.440 bits per heavy atom. The summed E-state index contributed by atoms with van der Waals surface area (Å²) in [5, 5.41) is 110. The molecule has 19 atom stereocenters. The van der Waals surface area contributed by atoms with Crippen LogP contribution in [0, 0.1) is 5.92 Å². The molecule has 0 aromatic carbocycles. The van der Waals surface area contributed by atoms with Crippen LogP contribution >= 0.6 is 7.82 Å². The van der Waals surface area contributed by atoms with Gasteiger partial charge in [0.25, 0.3) is 0 Å². The van der Waals surface area contributed by atoms with Crippen LogP contribution in [-0.4, -0.2) is 204 Å². The zero-order valence-corrected chi connectivity index (χ0v) is 62.0. The summed E-state index contributed by atoms with van der Waals surface area (Å²) in [7, 11) is -5.72. The van der Waals surface area contributed by atoms with Gasteiger partial charge in [-0.15, -0.1) is 0 Å². The van der Waals surface area contributed by atoms with Crippen LogP contribution in [-0.2, 0) is 61.2 Å². The number of carbonyl (C=O) groups is 3. The summed E-state index contributed by atoms with van der Waals surface area (Å²) in [6.07, 6.45) is 17.1. The first-order valence-corrected chi connectivity index (χ1v) is 40.2. The van der Waals surface area contributed by atoms with Crippen LogP contribution in [0.1, 0.15) is 285 Å². The molecule has 2 aliphatic heterocycles. The van der Waals surface area contributed by atoms with E-state index in [1.165, 1.54) is 147 Å². The monoisotopic (exact) mass is 1450 g/mol. The van der Waals surface area contributed by atoms with Crippen molar-refractivity contribution in [1.29, 1.82) is 0 Å². The first kappa shape index (κ1) is 91.4. The molecule has 0 aromatic heterocycles. The summed E-state index contributed by atoms with van der Waals surface area (Å²) < 4.78 is 64.9. The van der Waals surface area contributed by atoms with Crippen LogP contribution in [0.15, 0.2) is 36.5 Å². The van der Waals surface area contributed by atoms with Crippen molar-refractivity contribution in [2.24, 2.45) is 5.92 Å². The lowest BCUT2D eigenvalue weighted by molar-refractivity contribution is -0.360. The summed E-state index contributed by atoms with van der Waals surface area (Å²) >= 11 is 0. The van der Waals surface area contributed by atoms with Gasteiger partial charge in [-0.2, -0.15) is 0 Å². The molecule has 3 aliphatic rings. The predicted octanol–water partition coefficient (Wildman–Crippen LogP) is 10.9. The van der Waals surface area contributed by atoms with Gasteiger partial charge in [0.1, 0.15) is 98.7 Å². The molecule has 24 nitrogen and oxygen atoms in total. The van der Waals surface area contributed by atoms with Crippen molar-refractivity contribution in [2.75, 3.05) is 26.4 Å². The van der Waals surface area contributed by atoms with Gasteiger partial charge in [-0.3, -0.25) is 18.6 Å². The minimum Gasteiger partial charge on any atom is -0.463 e. The number of aliphatic hydroxyl groups is 10. The summed E-state index contributed by atoms with van der Waals surface area (Å²) in [5.41, 5.74) is 0. The Kier molecular flexibility index (Phi) is 50.8. The molecule has 11 N–H and O–H groups in total. The van der Waals surface area contributed by atoms with Crippen molar-refractivity contribution in [3.05, 3.63) is 36.5 Å². The normalized spacial score (nSPS) is 27.8. The van der Waals surface area contributed by atoms with Crippen molar-refractivity contribution < 1.29 is 117 Å². The average molecular weight is 1450 g/mol. The summed E-state index contributed by atoms with van der Waals surface area (Å²) in [5.74, 6) is -1.57.